The molecule has 0 radical (unpaired) electrons. The lowest BCUT2D eigenvalue weighted by molar-refractivity contribution is 0.102. The van der Waals surface area contributed by atoms with Crippen molar-refractivity contribution in [2.75, 3.05) is 5.32 Å². The fourth-order valence-corrected chi connectivity index (χ4v) is 3.61. The van der Waals surface area contributed by atoms with Gasteiger partial charge in [0.2, 0.25) is 5.89 Å². The van der Waals surface area contributed by atoms with Gasteiger partial charge in [0.15, 0.2) is 5.58 Å². The summed E-state index contributed by atoms with van der Waals surface area (Å²) in [5, 5.41) is 2.99. The number of rotatable bonds is 3. The lowest BCUT2D eigenvalue weighted by Gasteiger charge is -2.10. The topological polar surface area (TPSA) is 55.1 Å². The van der Waals surface area contributed by atoms with Crippen LogP contribution in [0.5, 0.6) is 0 Å². The van der Waals surface area contributed by atoms with Crippen molar-refractivity contribution in [3.63, 3.8) is 0 Å². The standard InChI is InChI=1S/C23H19BrN2O2/c1-13-9-15(3)21-20(10-13)26-23(28-21)17-8-7-14(2)19(12-17)25-22(27)16-5-4-6-18(24)11-16/h4-12H,1-3H3,(H,25,27). The fourth-order valence-electron chi connectivity index (χ4n) is 3.21. The predicted molar refractivity (Wildman–Crippen MR) is 116 cm³/mol. The Morgan fingerprint density at radius 3 is 2.61 bits per heavy atom. The Labute approximate surface area is 171 Å². The molecular formula is C23H19BrN2O2. The van der Waals surface area contributed by atoms with Gasteiger partial charge < -0.3 is 9.73 Å². The zero-order chi connectivity index (χ0) is 19.8. The van der Waals surface area contributed by atoms with Crippen molar-refractivity contribution in [3.05, 3.63) is 81.3 Å². The van der Waals surface area contributed by atoms with Gasteiger partial charge in [0.25, 0.3) is 5.91 Å². The first-order chi connectivity index (χ1) is 13.4. The highest BCUT2D eigenvalue weighted by atomic mass is 79.9. The highest BCUT2D eigenvalue weighted by Crippen LogP contribution is 2.30. The molecule has 0 saturated carbocycles. The molecule has 0 fully saturated rings. The van der Waals surface area contributed by atoms with Crippen LogP contribution in [0.25, 0.3) is 22.6 Å². The van der Waals surface area contributed by atoms with E-state index in [0.29, 0.717) is 11.5 Å². The molecule has 140 valence electrons. The second-order valence-corrected chi connectivity index (χ2v) is 7.86. The third kappa shape index (κ3) is 3.58. The average Bonchev–Trinajstić information content (AvgIpc) is 3.08. The van der Waals surface area contributed by atoms with Gasteiger partial charge >= 0.3 is 0 Å². The van der Waals surface area contributed by atoms with Crippen molar-refractivity contribution in [1.82, 2.24) is 4.98 Å². The Morgan fingerprint density at radius 1 is 1.00 bits per heavy atom. The molecule has 0 aliphatic heterocycles. The Bertz CT molecular complexity index is 1210. The zero-order valence-electron chi connectivity index (χ0n) is 15.8. The molecule has 1 amide bonds. The van der Waals surface area contributed by atoms with Gasteiger partial charge in [-0.25, -0.2) is 4.98 Å². The first-order valence-corrected chi connectivity index (χ1v) is 9.76. The molecule has 0 bridgehead atoms. The van der Waals surface area contributed by atoms with Gasteiger partial charge in [-0.1, -0.05) is 34.1 Å². The van der Waals surface area contributed by atoms with E-state index in [4.69, 9.17) is 4.42 Å². The number of anilines is 1. The minimum absolute atomic E-state index is 0.161. The van der Waals surface area contributed by atoms with Crippen LogP contribution in [0.15, 0.2) is 63.5 Å². The Morgan fingerprint density at radius 2 is 1.82 bits per heavy atom. The normalized spacial score (nSPS) is 11.0. The van der Waals surface area contributed by atoms with Crippen LogP contribution >= 0.6 is 15.9 Å². The number of carbonyl (C=O) groups is 1. The summed E-state index contributed by atoms with van der Waals surface area (Å²) in [4.78, 5) is 17.3. The number of nitrogens with one attached hydrogen (secondary N) is 1. The summed E-state index contributed by atoms with van der Waals surface area (Å²) in [6.07, 6.45) is 0. The van der Waals surface area contributed by atoms with Gasteiger partial charge in [-0.15, -0.1) is 0 Å². The van der Waals surface area contributed by atoms with E-state index >= 15 is 0 Å². The number of halogens is 1. The number of aromatic nitrogens is 1. The predicted octanol–water partition coefficient (Wildman–Crippen LogP) is 6.43. The van der Waals surface area contributed by atoms with Gasteiger partial charge in [-0.05, 0) is 73.9 Å². The molecule has 4 nitrogen and oxygen atoms in total. The summed E-state index contributed by atoms with van der Waals surface area (Å²) in [5.74, 6) is 0.382. The van der Waals surface area contributed by atoms with Crippen molar-refractivity contribution in [2.24, 2.45) is 0 Å². The summed E-state index contributed by atoms with van der Waals surface area (Å²) in [7, 11) is 0. The van der Waals surface area contributed by atoms with Gasteiger partial charge in [0.1, 0.15) is 5.52 Å². The van der Waals surface area contributed by atoms with Crippen LogP contribution in [0.4, 0.5) is 5.69 Å². The van der Waals surface area contributed by atoms with Gasteiger partial charge in [-0.2, -0.15) is 0 Å². The molecule has 4 aromatic rings. The van der Waals surface area contributed by atoms with E-state index in [1.807, 2.05) is 57.2 Å². The van der Waals surface area contributed by atoms with E-state index < -0.39 is 0 Å². The summed E-state index contributed by atoms with van der Waals surface area (Å²) >= 11 is 3.40. The number of aryl methyl sites for hydroxylation is 3. The van der Waals surface area contributed by atoms with Crippen molar-refractivity contribution in [1.29, 1.82) is 0 Å². The summed E-state index contributed by atoms with van der Waals surface area (Å²) in [6.45, 7) is 6.02. The quantitative estimate of drug-likeness (QED) is 0.403. The molecule has 0 atom stereocenters. The summed E-state index contributed by atoms with van der Waals surface area (Å²) in [5.41, 5.74) is 6.96. The Kier molecular flexibility index (Phi) is 4.77. The number of nitrogens with zero attached hydrogens (tertiary/aromatic N) is 1. The molecule has 0 saturated heterocycles. The Hall–Kier alpha value is -2.92. The molecule has 1 N–H and O–H groups in total. The minimum Gasteiger partial charge on any atom is -0.436 e. The van der Waals surface area contributed by atoms with Crippen LogP contribution in [-0.4, -0.2) is 10.9 Å². The second kappa shape index (κ2) is 7.24. The Balaban J connectivity index is 1.69. The molecule has 5 heteroatoms. The second-order valence-electron chi connectivity index (χ2n) is 6.94. The SMILES string of the molecule is Cc1cc(C)c2oc(-c3ccc(C)c(NC(=O)c4cccc(Br)c4)c3)nc2c1. The van der Waals surface area contributed by atoms with Crippen molar-refractivity contribution in [3.8, 4) is 11.5 Å². The van der Waals surface area contributed by atoms with E-state index in [9.17, 15) is 4.79 Å². The number of carbonyl (C=O) groups excluding carboxylic acids is 1. The average molecular weight is 435 g/mol. The molecular weight excluding hydrogens is 416 g/mol. The van der Waals surface area contributed by atoms with Crippen LogP contribution < -0.4 is 5.32 Å². The van der Waals surface area contributed by atoms with E-state index in [-0.39, 0.29) is 5.91 Å². The maximum Gasteiger partial charge on any atom is 0.255 e. The highest BCUT2D eigenvalue weighted by molar-refractivity contribution is 9.10. The van der Waals surface area contributed by atoms with Gasteiger partial charge in [0.05, 0.1) is 0 Å². The molecule has 0 aliphatic rings. The van der Waals surface area contributed by atoms with Gasteiger partial charge in [0, 0.05) is 21.3 Å². The van der Waals surface area contributed by atoms with E-state index in [1.165, 1.54) is 0 Å². The molecule has 28 heavy (non-hydrogen) atoms. The van der Waals surface area contributed by atoms with Crippen molar-refractivity contribution >= 4 is 38.6 Å². The van der Waals surface area contributed by atoms with Crippen LogP contribution in [0.2, 0.25) is 0 Å². The monoisotopic (exact) mass is 434 g/mol. The maximum absolute atomic E-state index is 12.6. The number of benzene rings is 3. The number of amides is 1. The van der Waals surface area contributed by atoms with E-state index in [0.717, 1.165) is 43.5 Å². The van der Waals surface area contributed by atoms with Crippen LogP contribution in [0.3, 0.4) is 0 Å². The smallest absolute Gasteiger partial charge is 0.255 e. The third-order valence-corrected chi connectivity index (χ3v) is 5.13. The number of hydrogen-bond donors (Lipinski definition) is 1. The fraction of sp³-hybridized carbons (Fsp3) is 0.130. The molecule has 0 aliphatic carbocycles. The largest absolute Gasteiger partial charge is 0.436 e. The number of hydrogen-bond acceptors (Lipinski definition) is 3. The minimum atomic E-state index is -0.161. The maximum atomic E-state index is 12.6. The summed E-state index contributed by atoms with van der Waals surface area (Å²) in [6, 6.07) is 17.2. The van der Waals surface area contributed by atoms with Crippen LogP contribution in [0, 0.1) is 20.8 Å². The lowest BCUT2D eigenvalue weighted by atomic mass is 10.1. The zero-order valence-corrected chi connectivity index (χ0v) is 17.4. The first kappa shape index (κ1) is 18.4. The van der Waals surface area contributed by atoms with Gasteiger partial charge in [-0.3, -0.25) is 4.79 Å². The number of fused-ring (bicyclic) bond motifs is 1. The first-order valence-electron chi connectivity index (χ1n) is 8.96. The lowest BCUT2D eigenvalue weighted by Crippen LogP contribution is -2.12. The third-order valence-electron chi connectivity index (χ3n) is 4.64. The molecule has 4 rings (SSSR count). The van der Waals surface area contributed by atoms with Crippen molar-refractivity contribution < 1.29 is 9.21 Å². The highest BCUT2D eigenvalue weighted by Gasteiger charge is 2.14. The van der Waals surface area contributed by atoms with Crippen molar-refractivity contribution in [2.45, 2.75) is 20.8 Å². The van der Waals surface area contributed by atoms with E-state index in [1.54, 1.807) is 12.1 Å². The molecule has 1 heterocycles. The van der Waals surface area contributed by atoms with Crippen LogP contribution in [0.1, 0.15) is 27.0 Å². The molecule has 3 aromatic carbocycles. The molecule has 0 spiro atoms. The summed E-state index contributed by atoms with van der Waals surface area (Å²) < 4.78 is 6.87. The van der Waals surface area contributed by atoms with E-state index in [2.05, 4.69) is 32.3 Å². The van der Waals surface area contributed by atoms with Crippen LogP contribution in [-0.2, 0) is 0 Å². The molecule has 1 aromatic heterocycles. The molecule has 0 unspecified atom stereocenters. The number of oxazole rings is 1.